The fourth-order valence-electron chi connectivity index (χ4n) is 2.39. The van der Waals surface area contributed by atoms with Gasteiger partial charge in [0.15, 0.2) is 19.0 Å². The molecule has 0 fully saturated rings. The van der Waals surface area contributed by atoms with Gasteiger partial charge in [-0.05, 0) is 49.4 Å². The topological polar surface area (TPSA) is 96.7 Å². The van der Waals surface area contributed by atoms with Crippen LogP contribution in [0.5, 0.6) is 5.75 Å². The van der Waals surface area contributed by atoms with E-state index in [0.717, 1.165) is 0 Å². The highest BCUT2D eigenvalue weighted by atomic mass is 35.5. The van der Waals surface area contributed by atoms with Crippen LogP contribution in [0.15, 0.2) is 48.5 Å². The highest BCUT2D eigenvalue weighted by Crippen LogP contribution is 2.20. The van der Waals surface area contributed by atoms with Gasteiger partial charge in [0.1, 0.15) is 5.75 Å². The molecule has 2 aromatic rings. The molecule has 2 aromatic carbocycles. The average molecular weight is 415 g/mol. The van der Waals surface area contributed by atoms with E-state index in [2.05, 4.69) is 0 Å². The van der Waals surface area contributed by atoms with Gasteiger partial charge in [-0.2, -0.15) is 5.26 Å². The second-order valence-corrected chi connectivity index (χ2v) is 6.40. The van der Waals surface area contributed by atoms with Gasteiger partial charge in [0.05, 0.1) is 12.5 Å². The third-order valence-electron chi connectivity index (χ3n) is 3.84. The number of nitriles is 1. The Labute approximate surface area is 173 Å². The van der Waals surface area contributed by atoms with Crippen LogP contribution in [0.1, 0.15) is 23.7 Å². The summed E-state index contributed by atoms with van der Waals surface area (Å²) in [4.78, 5) is 36.9. The van der Waals surface area contributed by atoms with Gasteiger partial charge in [0, 0.05) is 22.8 Å². The molecule has 150 valence electrons. The predicted octanol–water partition coefficient (Wildman–Crippen LogP) is 3.41. The summed E-state index contributed by atoms with van der Waals surface area (Å²) in [5.41, 5.74) is 1.04. The van der Waals surface area contributed by atoms with E-state index in [1.54, 1.807) is 48.5 Å². The quantitative estimate of drug-likeness (QED) is 0.460. The molecule has 0 saturated carbocycles. The Kier molecular flexibility index (Phi) is 8.19. The Morgan fingerprint density at radius 2 is 1.83 bits per heavy atom. The van der Waals surface area contributed by atoms with Crippen LogP contribution >= 0.6 is 11.6 Å². The number of halogens is 1. The summed E-state index contributed by atoms with van der Waals surface area (Å²) in [6.07, 6.45) is 0.117. The van der Waals surface area contributed by atoms with E-state index in [-0.39, 0.29) is 25.4 Å². The normalized spacial score (nSPS) is 9.97. The molecule has 29 heavy (non-hydrogen) atoms. The fraction of sp³-hybridized carbons (Fsp3) is 0.238. The van der Waals surface area contributed by atoms with Crippen LogP contribution < -0.4 is 9.64 Å². The minimum absolute atomic E-state index is 0.0740. The van der Waals surface area contributed by atoms with Crippen molar-refractivity contribution in [3.05, 3.63) is 59.1 Å². The number of Topliss-reactive ketones (excluding diaryl/α,β-unsaturated/α-hetero) is 1. The first-order chi connectivity index (χ1) is 13.9. The summed E-state index contributed by atoms with van der Waals surface area (Å²) >= 11 is 5.96. The van der Waals surface area contributed by atoms with Crippen LogP contribution in [-0.2, 0) is 14.3 Å². The maximum Gasteiger partial charge on any atom is 0.344 e. The number of carbonyl (C=O) groups excluding carboxylic acids is 3. The van der Waals surface area contributed by atoms with Crippen LogP contribution in [0.25, 0.3) is 0 Å². The number of ketones is 1. The van der Waals surface area contributed by atoms with Gasteiger partial charge in [-0.15, -0.1) is 0 Å². The summed E-state index contributed by atoms with van der Waals surface area (Å²) in [7, 11) is 0. The molecular formula is C21H19ClN2O5. The highest BCUT2D eigenvalue weighted by molar-refractivity contribution is 6.30. The molecule has 0 aromatic heterocycles. The molecule has 0 saturated heterocycles. The number of nitrogens with zero attached hydrogens (tertiary/aromatic N) is 2. The van der Waals surface area contributed by atoms with Crippen LogP contribution in [0.2, 0.25) is 5.02 Å². The Hall–Kier alpha value is -3.37. The van der Waals surface area contributed by atoms with Crippen molar-refractivity contribution >= 4 is 34.9 Å². The standard InChI is InChI=1S/C21H19ClN2O5/c1-15(25)16-6-8-19(9-7-16)28-14-21(27)29-13-20(26)24(11-3-10-23)18-5-2-4-17(22)12-18/h2,4-9,12H,3,11,13-14H2,1H3. The fourth-order valence-corrected chi connectivity index (χ4v) is 2.58. The lowest BCUT2D eigenvalue weighted by Crippen LogP contribution is -2.36. The van der Waals surface area contributed by atoms with Crippen molar-refractivity contribution in [2.75, 3.05) is 24.7 Å². The smallest absolute Gasteiger partial charge is 0.344 e. The molecule has 0 atom stereocenters. The highest BCUT2D eigenvalue weighted by Gasteiger charge is 2.18. The molecule has 0 N–H and O–H groups in total. The molecule has 0 radical (unpaired) electrons. The van der Waals surface area contributed by atoms with Gasteiger partial charge < -0.3 is 14.4 Å². The number of carbonyl (C=O) groups is 3. The van der Waals surface area contributed by atoms with Crippen molar-refractivity contribution in [1.82, 2.24) is 0 Å². The van der Waals surface area contributed by atoms with Gasteiger partial charge in [0.2, 0.25) is 0 Å². The summed E-state index contributed by atoms with van der Waals surface area (Å²) in [6.45, 7) is 0.714. The Balaban J connectivity index is 1.88. The van der Waals surface area contributed by atoms with Crippen molar-refractivity contribution in [3.63, 3.8) is 0 Å². The monoisotopic (exact) mass is 414 g/mol. The van der Waals surface area contributed by atoms with Crippen LogP contribution in [0.3, 0.4) is 0 Å². The van der Waals surface area contributed by atoms with E-state index in [4.69, 9.17) is 26.3 Å². The Bertz CT molecular complexity index is 921. The maximum atomic E-state index is 12.5. The summed E-state index contributed by atoms with van der Waals surface area (Å²) in [5.74, 6) is -0.884. The third kappa shape index (κ3) is 6.94. The number of anilines is 1. The molecule has 0 aliphatic rings. The van der Waals surface area contributed by atoms with Gasteiger partial charge in [-0.3, -0.25) is 9.59 Å². The number of hydrogen-bond donors (Lipinski definition) is 0. The van der Waals surface area contributed by atoms with E-state index in [1.807, 2.05) is 6.07 Å². The molecule has 0 bridgehead atoms. The molecule has 0 spiro atoms. The van der Waals surface area contributed by atoms with Crippen molar-refractivity contribution in [1.29, 1.82) is 5.26 Å². The number of esters is 1. The lowest BCUT2D eigenvalue weighted by atomic mass is 10.1. The van der Waals surface area contributed by atoms with E-state index < -0.39 is 18.5 Å². The summed E-state index contributed by atoms with van der Waals surface area (Å²) < 4.78 is 10.3. The van der Waals surface area contributed by atoms with Gasteiger partial charge in [0.25, 0.3) is 5.91 Å². The SMILES string of the molecule is CC(=O)c1ccc(OCC(=O)OCC(=O)N(CCC#N)c2cccc(Cl)c2)cc1. The van der Waals surface area contributed by atoms with Crippen LogP contribution in [0.4, 0.5) is 5.69 Å². The lowest BCUT2D eigenvalue weighted by molar-refractivity contribution is -0.149. The van der Waals surface area contributed by atoms with Crippen molar-refractivity contribution in [2.24, 2.45) is 0 Å². The summed E-state index contributed by atoms with van der Waals surface area (Å²) in [6, 6.07) is 14.9. The number of amides is 1. The van der Waals surface area contributed by atoms with Crippen molar-refractivity contribution < 1.29 is 23.9 Å². The molecule has 0 aliphatic carbocycles. The molecule has 2 rings (SSSR count). The second-order valence-electron chi connectivity index (χ2n) is 5.96. The van der Waals surface area contributed by atoms with Crippen molar-refractivity contribution in [3.8, 4) is 11.8 Å². The zero-order valence-corrected chi connectivity index (χ0v) is 16.5. The maximum absolute atomic E-state index is 12.5. The molecule has 0 heterocycles. The third-order valence-corrected chi connectivity index (χ3v) is 4.08. The predicted molar refractivity (Wildman–Crippen MR) is 107 cm³/mol. The van der Waals surface area contributed by atoms with Crippen LogP contribution in [-0.4, -0.2) is 37.4 Å². The number of rotatable bonds is 9. The summed E-state index contributed by atoms with van der Waals surface area (Å²) in [5, 5.41) is 9.25. The zero-order valence-electron chi connectivity index (χ0n) is 15.8. The average Bonchev–Trinajstić information content (AvgIpc) is 2.71. The van der Waals surface area contributed by atoms with E-state index in [9.17, 15) is 14.4 Å². The molecule has 7 nitrogen and oxygen atoms in total. The van der Waals surface area contributed by atoms with Gasteiger partial charge in [-0.25, -0.2) is 4.79 Å². The molecule has 0 aliphatic heterocycles. The first kappa shape index (κ1) is 21.9. The number of ether oxygens (including phenoxy) is 2. The Morgan fingerprint density at radius 1 is 1.10 bits per heavy atom. The van der Waals surface area contributed by atoms with E-state index >= 15 is 0 Å². The Morgan fingerprint density at radius 3 is 2.45 bits per heavy atom. The first-order valence-corrected chi connectivity index (χ1v) is 9.11. The molecular weight excluding hydrogens is 396 g/mol. The second kappa shape index (κ2) is 10.8. The van der Waals surface area contributed by atoms with Gasteiger partial charge in [-0.1, -0.05) is 17.7 Å². The lowest BCUT2D eigenvalue weighted by Gasteiger charge is -2.21. The van der Waals surface area contributed by atoms with Crippen molar-refractivity contribution in [2.45, 2.75) is 13.3 Å². The number of benzene rings is 2. The van der Waals surface area contributed by atoms with Gasteiger partial charge >= 0.3 is 5.97 Å². The molecule has 8 heteroatoms. The van der Waals surface area contributed by atoms with E-state index in [1.165, 1.54) is 11.8 Å². The van der Waals surface area contributed by atoms with E-state index in [0.29, 0.717) is 22.0 Å². The largest absolute Gasteiger partial charge is 0.482 e. The number of hydrogen-bond acceptors (Lipinski definition) is 6. The zero-order chi connectivity index (χ0) is 21.2. The first-order valence-electron chi connectivity index (χ1n) is 8.73. The molecule has 0 unspecified atom stereocenters. The molecule has 1 amide bonds. The minimum atomic E-state index is -0.722. The minimum Gasteiger partial charge on any atom is -0.482 e. The van der Waals surface area contributed by atoms with Crippen LogP contribution in [0, 0.1) is 11.3 Å².